The maximum Gasteiger partial charge on any atom is 0.160 e. The molecule has 0 aliphatic heterocycles. The van der Waals surface area contributed by atoms with Crippen LogP contribution in [-0.4, -0.2) is 19.1 Å². The zero-order valence-corrected chi connectivity index (χ0v) is 32.6. The fraction of sp³-hybridized carbons (Fsp3) is 0.0545. The molecule has 4 heterocycles. The van der Waals surface area contributed by atoms with E-state index in [1.807, 2.05) is 0 Å². The summed E-state index contributed by atoms with van der Waals surface area (Å²) in [7, 11) is 0. The van der Waals surface area contributed by atoms with E-state index >= 15 is 0 Å². The lowest BCUT2D eigenvalue weighted by Crippen LogP contribution is -2.17. The van der Waals surface area contributed by atoms with E-state index in [9.17, 15) is 0 Å². The summed E-state index contributed by atoms with van der Waals surface area (Å²) in [6.07, 6.45) is 0. The van der Waals surface area contributed by atoms with Crippen LogP contribution in [0.5, 0.6) is 0 Å². The third kappa shape index (κ3) is 4.43. The normalized spacial score (nSPS) is 13.4. The van der Waals surface area contributed by atoms with Gasteiger partial charge in [0.2, 0.25) is 0 Å². The van der Waals surface area contributed by atoms with E-state index in [0.29, 0.717) is 0 Å². The fourth-order valence-electron chi connectivity index (χ4n) is 10.3. The van der Waals surface area contributed by atoms with Crippen LogP contribution >= 0.6 is 0 Å². The Bertz CT molecular complexity index is 3810. The highest BCUT2D eigenvalue weighted by Crippen LogP contribution is 2.50. The van der Waals surface area contributed by atoms with Gasteiger partial charge in [-0.25, -0.2) is 9.97 Å². The molecule has 0 fully saturated rings. The predicted octanol–water partition coefficient (Wildman–Crippen LogP) is 14.2. The fourth-order valence-corrected chi connectivity index (χ4v) is 10.3. The maximum absolute atomic E-state index is 5.62. The molecule has 0 amide bonds. The molecule has 0 radical (unpaired) electrons. The van der Waals surface area contributed by atoms with Gasteiger partial charge in [-0.3, -0.25) is 0 Å². The highest BCUT2D eigenvalue weighted by Gasteiger charge is 2.38. The molecule has 1 aliphatic carbocycles. The molecular weight excluding hydrogens is 717 g/mol. The van der Waals surface area contributed by atoms with E-state index in [-0.39, 0.29) is 5.41 Å². The molecule has 0 unspecified atom stereocenters. The molecule has 0 saturated heterocycles. The molecular formula is C55H36N4. The van der Waals surface area contributed by atoms with Crippen molar-refractivity contribution in [2.75, 3.05) is 0 Å². The first-order valence-corrected chi connectivity index (χ1v) is 20.4. The minimum Gasteiger partial charge on any atom is -0.309 e. The van der Waals surface area contributed by atoms with E-state index < -0.39 is 0 Å². The Labute approximate surface area is 339 Å². The number of fused-ring (bicyclic) bond motifs is 17. The van der Waals surface area contributed by atoms with Crippen molar-refractivity contribution in [3.05, 3.63) is 193 Å². The van der Waals surface area contributed by atoms with Gasteiger partial charge in [-0.05, 0) is 93.3 Å². The second-order valence-corrected chi connectivity index (χ2v) is 16.6. The second kappa shape index (κ2) is 11.7. The van der Waals surface area contributed by atoms with Gasteiger partial charge in [0.1, 0.15) is 0 Å². The Hall–Kier alpha value is -7.56. The van der Waals surface area contributed by atoms with Gasteiger partial charge < -0.3 is 9.13 Å². The highest BCUT2D eigenvalue weighted by atomic mass is 15.0. The van der Waals surface area contributed by atoms with Crippen molar-refractivity contribution >= 4 is 87.1 Å². The molecule has 0 N–H and O–H groups in total. The van der Waals surface area contributed by atoms with Crippen LogP contribution in [0, 0.1) is 0 Å². The van der Waals surface area contributed by atoms with Crippen molar-refractivity contribution in [3.63, 3.8) is 0 Å². The van der Waals surface area contributed by atoms with E-state index in [4.69, 9.17) is 9.97 Å². The van der Waals surface area contributed by atoms with Gasteiger partial charge in [-0.1, -0.05) is 135 Å². The quantitative estimate of drug-likeness (QED) is 0.176. The number of rotatable bonds is 2. The smallest absolute Gasteiger partial charge is 0.160 e. The Morgan fingerprint density at radius 1 is 0.407 bits per heavy atom. The zero-order chi connectivity index (χ0) is 39.0. The molecule has 59 heavy (non-hydrogen) atoms. The monoisotopic (exact) mass is 752 g/mol. The average molecular weight is 753 g/mol. The molecule has 0 atom stereocenters. The topological polar surface area (TPSA) is 35.6 Å². The van der Waals surface area contributed by atoms with Crippen molar-refractivity contribution in [2.24, 2.45) is 0 Å². The van der Waals surface area contributed by atoms with Crippen LogP contribution in [0.3, 0.4) is 0 Å². The molecule has 4 aromatic heterocycles. The van der Waals surface area contributed by atoms with E-state index in [1.54, 1.807) is 0 Å². The third-order valence-corrected chi connectivity index (χ3v) is 13.0. The summed E-state index contributed by atoms with van der Waals surface area (Å²) in [5.74, 6) is 0. The van der Waals surface area contributed by atoms with Crippen LogP contribution in [0.15, 0.2) is 182 Å². The van der Waals surface area contributed by atoms with Gasteiger partial charge in [0, 0.05) is 54.7 Å². The molecule has 0 saturated carbocycles. The Morgan fingerprint density at radius 3 is 1.90 bits per heavy atom. The zero-order valence-electron chi connectivity index (χ0n) is 32.6. The average Bonchev–Trinajstić information content (AvgIpc) is 3.88. The van der Waals surface area contributed by atoms with Crippen LogP contribution in [-0.2, 0) is 5.41 Å². The minimum absolute atomic E-state index is 0.306. The standard InChI is InChI=1S/C55H36N4/c1-55(2)45-23-10-8-21-41(45)51-52-35-15-12-14-33(30-35)38-18-6-7-19-39(38)34-26-28-48-44(31-34)50-42(54(56-52)57-53(51)55)22-13-25-49(50)59(48)37-27-29-47-43(32-37)40-20-9-11-24-46(40)58(47)36-16-4-3-5-17-36/h3-32H,1-2H3. The number of para-hydroxylation sites is 2. The van der Waals surface area contributed by atoms with Crippen LogP contribution in [0.4, 0.5) is 0 Å². The Balaban J connectivity index is 1.21. The minimum atomic E-state index is -0.306. The van der Waals surface area contributed by atoms with Gasteiger partial charge in [-0.15, -0.1) is 0 Å². The van der Waals surface area contributed by atoms with Crippen molar-refractivity contribution in [2.45, 2.75) is 19.3 Å². The van der Waals surface area contributed by atoms with Gasteiger partial charge in [-0.2, -0.15) is 0 Å². The molecule has 13 rings (SSSR count). The van der Waals surface area contributed by atoms with E-state index in [1.165, 1.54) is 59.9 Å². The molecule has 1 aliphatic rings. The molecule has 8 aromatic carbocycles. The third-order valence-electron chi connectivity index (χ3n) is 13.0. The van der Waals surface area contributed by atoms with Gasteiger partial charge in [0.25, 0.3) is 0 Å². The van der Waals surface area contributed by atoms with Gasteiger partial charge in [0.05, 0.1) is 33.3 Å². The van der Waals surface area contributed by atoms with Crippen LogP contribution in [0.1, 0.15) is 25.1 Å². The SMILES string of the molecule is CC1(C)c2ccccc2-c2c1nc1nc2c2cccc(c2)c2ccccc2c2ccc3c(c2)c2c1cccc2n3-c1ccc2c(c1)c1ccccc1n2-c1ccccc1. The summed E-state index contributed by atoms with van der Waals surface area (Å²) < 4.78 is 4.82. The van der Waals surface area contributed by atoms with Crippen molar-refractivity contribution in [1.82, 2.24) is 19.1 Å². The lowest BCUT2D eigenvalue weighted by atomic mass is 9.85. The summed E-state index contributed by atoms with van der Waals surface area (Å²) in [6, 6.07) is 66.6. The first-order valence-electron chi connectivity index (χ1n) is 20.4. The van der Waals surface area contributed by atoms with Crippen molar-refractivity contribution < 1.29 is 0 Å². The Morgan fingerprint density at radius 2 is 1.03 bits per heavy atom. The van der Waals surface area contributed by atoms with Crippen LogP contribution in [0.25, 0.3) is 110 Å². The molecule has 4 heteroatoms. The summed E-state index contributed by atoms with van der Waals surface area (Å²) in [6.45, 7) is 4.62. The number of hydrogen-bond donors (Lipinski definition) is 0. The van der Waals surface area contributed by atoms with Crippen molar-refractivity contribution in [3.8, 4) is 22.5 Å². The molecule has 0 spiro atoms. The van der Waals surface area contributed by atoms with Crippen LogP contribution in [0.2, 0.25) is 0 Å². The number of nitrogens with zero attached hydrogens (tertiary/aromatic N) is 4. The molecule has 6 bridgehead atoms. The molecule has 276 valence electrons. The predicted molar refractivity (Wildman–Crippen MR) is 247 cm³/mol. The first kappa shape index (κ1) is 32.5. The second-order valence-electron chi connectivity index (χ2n) is 16.6. The first-order chi connectivity index (χ1) is 29.0. The van der Waals surface area contributed by atoms with E-state index in [0.717, 1.165) is 61.0 Å². The Kier molecular flexibility index (Phi) is 6.48. The lowest BCUT2D eigenvalue weighted by Gasteiger charge is -2.20. The lowest BCUT2D eigenvalue weighted by molar-refractivity contribution is 0.639. The van der Waals surface area contributed by atoms with Gasteiger partial charge >= 0.3 is 0 Å². The maximum atomic E-state index is 5.62. The van der Waals surface area contributed by atoms with E-state index in [2.05, 4.69) is 205 Å². The molecule has 4 nitrogen and oxygen atoms in total. The van der Waals surface area contributed by atoms with Gasteiger partial charge in [0.15, 0.2) is 5.65 Å². The van der Waals surface area contributed by atoms with Crippen LogP contribution < -0.4 is 0 Å². The highest BCUT2D eigenvalue weighted by molar-refractivity contribution is 6.22. The summed E-state index contributed by atoms with van der Waals surface area (Å²) in [5.41, 5.74) is 13.0. The number of aromatic nitrogens is 4. The summed E-state index contributed by atoms with van der Waals surface area (Å²) >= 11 is 0. The molecule has 12 aromatic rings. The summed E-state index contributed by atoms with van der Waals surface area (Å²) in [4.78, 5) is 11.2. The number of benzene rings is 8. The largest absolute Gasteiger partial charge is 0.309 e. The van der Waals surface area contributed by atoms with Crippen molar-refractivity contribution in [1.29, 1.82) is 0 Å². The summed E-state index contributed by atoms with van der Waals surface area (Å²) in [5, 5.41) is 11.6. The number of hydrogen-bond acceptors (Lipinski definition) is 2.